The molecule has 0 saturated carbocycles. The lowest BCUT2D eigenvalue weighted by Crippen LogP contribution is -2.27. The minimum atomic E-state index is -0.307. The predicted octanol–water partition coefficient (Wildman–Crippen LogP) is 2.40. The smallest absolute Gasteiger partial charge is 0.255 e. The van der Waals surface area contributed by atoms with E-state index in [1.165, 1.54) is 33.9 Å². The largest absolute Gasteiger partial charge is 0.289 e. The molecule has 0 spiro atoms. The molecule has 112 valence electrons. The third-order valence-electron chi connectivity index (χ3n) is 5.35. The number of hydrogen-bond donors (Lipinski definition) is 1. The number of aryl methyl sites for hydroxylation is 1. The van der Waals surface area contributed by atoms with Crippen LogP contribution in [0.25, 0.3) is 0 Å². The molecule has 1 atom stereocenters. The van der Waals surface area contributed by atoms with Gasteiger partial charge in [-0.2, -0.15) is 0 Å². The molecule has 0 aromatic heterocycles. The minimum absolute atomic E-state index is 0.132. The van der Waals surface area contributed by atoms with Gasteiger partial charge in [-0.25, -0.2) is 0 Å². The quantitative estimate of drug-likeness (QED) is 0.822. The molecule has 3 aliphatic rings. The lowest BCUT2D eigenvalue weighted by atomic mass is 9.70. The van der Waals surface area contributed by atoms with E-state index in [-0.39, 0.29) is 17.7 Å². The molecular formula is C20H15NO2. The number of carbonyl (C=O) groups is 2. The van der Waals surface area contributed by atoms with Gasteiger partial charge in [0.25, 0.3) is 11.8 Å². The predicted molar refractivity (Wildman–Crippen MR) is 86.2 cm³/mol. The number of imide groups is 1. The van der Waals surface area contributed by atoms with Gasteiger partial charge in [-0.1, -0.05) is 36.4 Å². The lowest BCUT2D eigenvalue weighted by molar-refractivity contribution is -0.123. The first-order valence-corrected chi connectivity index (χ1v) is 8.00. The van der Waals surface area contributed by atoms with Crippen LogP contribution in [0.15, 0.2) is 48.0 Å². The number of hydrogen-bond acceptors (Lipinski definition) is 2. The Hall–Kier alpha value is -2.68. The third kappa shape index (κ3) is 1.70. The second kappa shape index (κ2) is 4.42. The highest BCUT2D eigenvalue weighted by molar-refractivity contribution is 6.17. The maximum Gasteiger partial charge on any atom is 0.255 e. The van der Waals surface area contributed by atoms with Crippen molar-refractivity contribution in [3.05, 3.63) is 81.4 Å². The van der Waals surface area contributed by atoms with Crippen molar-refractivity contribution in [2.24, 2.45) is 0 Å². The van der Waals surface area contributed by atoms with E-state index < -0.39 is 0 Å². The lowest BCUT2D eigenvalue weighted by Gasteiger charge is -2.34. The summed E-state index contributed by atoms with van der Waals surface area (Å²) in [5.41, 5.74) is 8.43. The average molecular weight is 301 g/mol. The van der Waals surface area contributed by atoms with Crippen LogP contribution >= 0.6 is 0 Å². The number of amides is 2. The fourth-order valence-electron chi connectivity index (χ4n) is 4.18. The average Bonchev–Trinajstić information content (AvgIpc) is 2.83. The van der Waals surface area contributed by atoms with Gasteiger partial charge in [-0.15, -0.1) is 0 Å². The fourth-order valence-corrected chi connectivity index (χ4v) is 4.18. The second-order valence-corrected chi connectivity index (χ2v) is 6.50. The maximum absolute atomic E-state index is 12.3. The number of rotatable bonds is 1. The van der Waals surface area contributed by atoms with Crippen molar-refractivity contribution in [1.29, 1.82) is 0 Å². The summed E-state index contributed by atoms with van der Waals surface area (Å²) in [6.07, 6.45) is 4.67. The van der Waals surface area contributed by atoms with E-state index in [1.54, 1.807) is 0 Å². The molecule has 2 aliphatic carbocycles. The van der Waals surface area contributed by atoms with Crippen LogP contribution in [-0.4, -0.2) is 11.8 Å². The van der Waals surface area contributed by atoms with Gasteiger partial charge in [0.15, 0.2) is 0 Å². The van der Waals surface area contributed by atoms with Crippen molar-refractivity contribution in [3.63, 3.8) is 0 Å². The van der Waals surface area contributed by atoms with Crippen LogP contribution in [0.3, 0.4) is 0 Å². The summed E-state index contributed by atoms with van der Waals surface area (Å²) in [4.78, 5) is 23.9. The Bertz CT molecular complexity index is 923. The molecule has 0 bridgehead atoms. The molecule has 5 rings (SSSR count). The molecule has 1 N–H and O–H groups in total. The van der Waals surface area contributed by atoms with Gasteiger partial charge >= 0.3 is 0 Å². The molecule has 1 unspecified atom stereocenters. The van der Waals surface area contributed by atoms with Crippen molar-refractivity contribution in [2.45, 2.75) is 25.2 Å². The number of benzene rings is 2. The van der Waals surface area contributed by atoms with Crippen molar-refractivity contribution < 1.29 is 9.59 Å². The molecule has 2 amide bonds. The Morgan fingerprint density at radius 2 is 1.74 bits per heavy atom. The van der Waals surface area contributed by atoms with Gasteiger partial charge < -0.3 is 0 Å². The Morgan fingerprint density at radius 1 is 0.870 bits per heavy atom. The second-order valence-electron chi connectivity index (χ2n) is 6.50. The first kappa shape index (κ1) is 12.8. The van der Waals surface area contributed by atoms with E-state index >= 15 is 0 Å². The Kier molecular flexibility index (Phi) is 2.46. The zero-order valence-electron chi connectivity index (χ0n) is 12.6. The summed E-state index contributed by atoms with van der Waals surface area (Å²) in [7, 11) is 0. The van der Waals surface area contributed by atoms with Gasteiger partial charge in [0.2, 0.25) is 0 Å². The van der Waals surface area contributed by atoms with Crippen molar-refractivity contribution in [3.8, 4) is 0 Å². The summed E-state index contributed by atoms with van der Waals surface area (Å²) < 4.78 is 0. The van der Waals surface area contributed by atoms with Crippen molar-refractivity contribution in [1.82, 2.24) is 5.32 Å². The highest BCUT2D eigenvalue weighted by Gasteiger charge is 2.36. The zero-order valence-corrected chi connectivity index (χ0v) is 12.6. The molecule has 2 aromatic carbocycles. The van der Waals surface area contributed by atoms with E-state index in [1.807, 2.05) is 12.1 Å². The topological polar surface area (TPSA) is 46.2 Å². The molecular weight excluding hydrogens is 286 g/mol. The van der Waals surface area contributed by atoms with Crippen LogP contribution < -0.4 is 5.32 Å². The maximum atomic E-state index is 12.3. The minimum Gasteiger partial charge on any atom is -0.289 e. The van der Waals surface area contributed by atoms with E-state index in [9.17, 15) is 9.59 Å². The molecule has 23 heavy (non-hydrogen) atoms. The first-order valence-electron chi connectivity index (χ1n) is 8.00. The summed E-state index contributed by atoms with van der Waals surface area (Å²) in [5, 5.41) is 2.40. The molecule has 2 aromatic rings. The SMILES string of the molecule is O=C1C=C(C2c3ccccc3Cc3c2ccc2c3CC2)C(=O)N1. The van der Waals surface area contributed by atoms with Crippen LogP contribution in [0.5, 0.6) is 0 Å². The van der Waals surface area contributed by atoms with Gasteiger partial charge in [0.1, 0.15) is 0 Å². The van der Waals surface area contributed by atoms with Crippen LogP contribution in [0.2, 0.25) is 0 Å². The summed E-state index contributed by atoms with van der Waals surface area (Å²) >= 11 is 0. The van der Waals surface area contributed by atoms with Gasteiger partial charge in [-0.3, -0.25) is 14.9 Å². The third-order valence-corrected chi connectivity index (χ3v) is 5.35. The normalized spacial score (nSPS) is 20.9. The number of fused-ring (bicyclic) bond motifs is 4. The van der Waals surface area contributed by atoms with Crippen LogP contribution in [-0.2, 0) is 28.9 Å². The Labute approximate surface area is 134 Å². The summed E-state index contributed by atoms with van der Waals surface area (Å²) in [5.74, 6) is -0.698. The summed E-state index contributed by atoms with van der Waals surface area (Å²) in [6.45, 7) is 0. The van der Waals surface area contributed by atoms with Gasteiger partial charge in [0, 0.05) is 17.6 Å². The highest BCUT2D eigenvalue weighted by Crippen LogP contribution is 2.45. The highest BCUT2D eigenvalue weighted by atomic mass is 16.2. The number of nitrogens with one attached hydrogen (secondary N) is 1. The van der Waals surface area contributed by atoms with Crippen LogP contribution in [0.4, 0.5) is 0 Å². The standard InChI is InChI=1S/C20H15NO2/c22-18-10-17(20(23)21-18)19-14-4-2-1-3-12(14)9-16-13-7-5-11(13)6-8-15(16)19/h1-4,6,8,10,19H,5,7,9H2,(H,21,22,23). The Balaban J connectivity index is 1.77. The molecule has 0 radical (unpaired) electrons. The van der Waals surface area contributed by atoms with Crippen LogP contribution in [0, 0.1) is 0 Å². The van der Waals surface area contributed by atoms with E-state index in [4.69, 9.17) is 0 Å². The molecule has 0 fully saturated rings. The first-order chi connectivity index (χ1) is 11.2. The Morgan fingerprint density at radius 3 is 2.48 bits per heavy atom. The molecule has 0 saturated heterocycles. The zero-order chi connectivity index (χ0) is 15.6. The fraction of sp³-hybridized carbons (Fsp3) is 0.200. The molecule has 1 aliphatic heterocycles. The summed E-state index contributed by atoms with van der Waals surface area (Å²) in [6, 6.07) is 12.6. The van der Waals surface area contributed by atoms with E-state index in [0.29, 0.717) is 5.57 Å². The van der Waals surface area contributed by atoms with E-state index in [2.05, 4.69) is 29.6 Å². The number of carbonyl (C=O) groups excluding carboxylic acids is 2. The molecule has 3 heteroatoms. The van der Waals surface area contributed by atoms with Gasteiger partial charge in [0.05, 0.1) is 0 Å². The molecule has 1 heterocycles. The van der Waals surface area contributed by atoms with Gasteiger partial charge in [-0.05, 0) is 52.6 Å². The monoisotopic (exact) mass is 301 g/mol. The van der Waals surface area contributed by atoms with E-state index in [0.717, 1.165) is 24.8 Å². The van der Waals surface area contributed by atoms with Crippen LogP contribution in [0.1, 0.15) is 39.3 Å². The molecule has 3 nitrogen and oxygen atoms in total. The van der Waals surface area contributed by atoms with Crippen molar-refractivity contribution >= 4 is 11.8 Å². The van der Waals surface area contributed by atoms with Crippen molar-refractivity contribution in [2.75, 3.05) is 0 Å².